The summed E-state index contributed by atoms with van der Waals surface area (Å²) in [5.74, 6) is -5.15. The van der Waals surface area contributed by atoms with Crippen LogP contribution in [0.1, 0.15) is 41.5 Å². The maximum atomic E-state index is 11.7. The fourth-order valence-corrected chi connectivity index (χ4v) is 3.08. The molecule has 0 atom stereocenters. The molecule has 0 bridgehead atoms. The first-order chi connectivity index (χ1) is 13.8. The van der Waals surface area contributed by atoms with E-state index in [2.05, 4.69) is 0 Å². The van der Waals surface area contributed by atoms with E-state index < -0.39 is 72.4 Å². The van der Waals surface area contributed by atoms with Gasteiger partial charge in [-0.05, 0) is 0 Å². The molecule has 12 heteroatoms. The van der Waals surface area contributed by atoms with Crippen LogP contribution in [0.15, 0.2) is 0 Å². The van der Waals surface area contributed by atoms with Crippen molar-refractivity contribution in [1.29, 1.82) is 0 Å². The zero-order chi connectivity index (χ0) is 23.2. The van der Waals surface area contributed by atoms with Crippen LogP contribution in [0, 0.1) is 0 Å². The van der Waals surface area contributed by atoms with Crippen LogP contribution >= 0.6 is 0 Å². The fraction of sp³-hybridized carbons (Fsp3) is 0.667. The van der Waals surface area contributed by atoms with Gasteiger partial charge in [0.05, 0.1) is 0 Å². The van der Waals surface area contributed by atoms with Crippen LogP contribution in [0.25, 0.3) is 0 Å². The summed E-state index contributed by atoms with van der Waals surface area (Å²) in [5, 5.41) is 0. The zero-order valence-corrected chi connectivity index (χ0v) is 17.4. The molecule has 0 amide bonds. The summed E-state index contributed by atoms with van der Waals surface area (Å²) in [4.78, 5) is 70.1. The maximum absolute atomic E-state index is 11.7. The molecule has 0 aromatic rings. The van der Waals surface area contributed by atoms with E-state index in [0.29, 0.717) is 0 Å². The molecule has 0 saturated heterocycles. The molecule has 12 nitrogen and oxygen atoms in total. The molecule has 1 fully saturated rings. The first kappa shape index (κ1) is 24.9. The van der Waals surface area contributed by atoms with E-state index in [0.717, 1.165) is 41.5 Å². The van der Waals surface area contributed by atoms with Crippen molar-refractivity contribution in [3.8, 4) is 0 Å². The van der Waals surface area contributed by atoms with Gasteiger partial charge in [-0.2, -0.15) is 0 Å². The van der Waals surface area contributed by atoms with Gasteiger partial charge >= 0.3 is 35.8 Å². The summed E-state index contributed by atoms with van der Waals surface area (Å²) in [6.07, 6.45) is -9.27. The third-order valence-corrected chi connectivity index (χ3v) is 3.76. The predicted molar refractivity (Wildman–Crippen MR) is 93.3 cm³/mol. The van der Waals surface area contributed by atoms with Gasteiger partial charge in [0.25, 0.3) is 0 Å². The highest BCUT2D eigenvalue weighted by molar-refractivity contribution is 5.71. The van der Waals surface area contributed by atoms with Crippen molar-refractivity contribution in [2.45, 2.75) is 78.2 Å². The van der Waals surface area contributed by atoms with Crippen LogP contribution in [0.4, 0.5) is 0 Å². The van der Waals surface area contributed by atoms with Crippen molar-refractivity contribution >= 4 is 35.8 Å². The minimum Gasteiger partial charge on any atom is -0.454 e. The molecule has 1 aliphatic rings. The Morgan fingerprint density at radius 1 is 0.333 bits per heavy atom. The van der Waals surface area contributed by atoms with E-state index in [1.807, 2.05) is 0 Å². The number of hydrogen-bond donors (Lipinski definition) is 0. The average molecular weight is 432 g/mol. The van der Waals surface area contributed by atoms with Crippen LogP contribution in [0.5, 0.6) is 0 Å². The topological polar surface area (TPSA) is 158 Å². The number of rotatable bonds is 6. The molecule has 1 rings (SSSR count). The van der Waals surface area contributed by atoms with Crippen molar-refractivity contribution in [2.24, 2.45) is 0 Å². The van der Waals surface area contributed by atoms with Crippen LogP contribution < -0.4 is 0 Å². The molecule has 1 saturated carbocycles. The number of carbonyl (C=O) groups is 6. The first-order valence-corrected chi connectivity index (χ1v) is 8.86. The molecule has 30 heavy (non-hydrogen) atoms. The Bertz CT molecular complexity index is 547. The SMILES string of the molecule is CC(=O)O[C@H]1[C@H](OC(C)=O)[C@@H](OC(C)=O)[C@@H](OC(C)=O)[C@H](OC(C)=O)[C@H]1OC(C)=O. The smallest absolute Gasteiger partial charge is 0.303 e. The standard InChI is InChI=1S/C18H24O12/c1-7(19)25-13-14(26-8(2)20)16(28-10(4)22)18(30-12(6)24)17(29-11(5)23)15(13)27-9(3)21/h13-18H,1-6H3/t13-,14-,15-,16+,17+,18+. The minimum absolute atomic E-state index is 0.858. The van der Waals surface area contributed by atoms with Gasteiger partial charge in [0.2, 0.25) is 0 Å². The van der Waals surface area contributed by atoms with Crippen molar-refractivity contribution in [3.63, 3.8) is 0 Å². The molecule has 0 heterocycles. The van der Waals surface area contributed by atoms with Gasteiger partial charge in [-0.15, -0.1) is 0 Å². The highest BCUT2D eigenvalue weighted by Gasteiger charge is 2.60. The number of esters is 6. The van der Waals surface area contributed by atoms with Crippen molar-refractivity contribution in [2.75, 3.05) is 0 Å². The zero-order valence-electron chi connectivity index (χ0n) is 17.4. The molecule has 168 valence electrons. The molecule has 1 aliphatic carbocycles. The van der Waals surface area contributed by atoms with Crippen molar-refractivity contribution in [3.05, 3.63) is 0 Å². The average Bonchev–Trinajstić information content (AvgIpc) is 2.55. The van der Waals surface area contributed by atoms with Gasteiger partial charge in [-0.1, -0.05) is 0 Å². The molecule has 0 N–H and O–H groups in total. The highest BCUT2D eigenvalue weighted by atomic mass is 16.7. The highest BCUT2D eigenvalue weighted by Crippen LogP contribution is 2.34. The van der Waals surface area contributed by atoms with E-state index in [-0.39, 0.29) is 0 Å². The number of carbonyl (C=O) groups excluding carboxylic acids is 6. The van der Waals surface area contributed by atoms with Crippen LogP contribution in [0.3, 0.4) is 0 Å². The Morgan fingerprint density at radius 3 is 0.500 bits per heavy atom. The molecule has 0 aromatic carbocycles. The van der Waals surface area contributed by atoms with Gasteiger partial charge in [0, 0.05) is 41.5 Å². The number of ether oxygens (including phenoxy) is 6. The third-order valence-electron chi connectivity index (χ3n) is 3.76. The van der Waals surface area contributed by atoms with E-state index in [1.54, 1.807) is 0 Å². The molecule has 0 aromatic heterocycles. The summed E-state index contributed by atoms with van der Waals surface area (Å²) in [5.41, 5.74) is 0. The van der Waals surface area contributed by atoms with Crippen molar-refractivity contribution < 1.29 is 57.2 Å². The van der Waals surface area contributed by atoms with E-state index in [9.17, 15) is 28.8 Å². The van der Waals surface area contributed by atoms with Gasteiger partial charge < -0.3 is 28.4 Å². The normalized spacial score (nSPS) is 27.8. The molecule has 0 spiro atoms. The summed E-state index contributed by atoms with van der Waals surface area (Å²) in [7, 11) is 0. The largest absolute Gasteiger partial charge is 0.454 e. The predicted octanol–water partition coefficient (Wildman–Crippen LogP) is -0.410. The molecular formula is C18H24O12. The Labute approximate surface area is 172 Å². The van der Waals surface area contributed by atoms with Crippen LogP contribution in [-0.4, -0.2) is 72.4 Å². The van der Waals surface area contributed by atoms with E-state index >= 15 is 0 Å². The lowest BCUT2D eigenvalue weighted by Gasteiger charge is -2.46. The third kappa shape index (κ3) is 7.01. The summed E-state index contributed by atoms with van der Waals surface area (Å²) >= 11 is 0. The van der Waals surface area contributed by atoms with Crippen molar-refractivity contribution in [1.82, 2.24) is 0 Å². The van der Waals surface area contributed by atoms with Gasteiger partial charge in [0.1, 0.15) is 0 Å². The quantitative estimate of drug-likeness (QED) is 0.395. The second-order valence-corrected chi connectivity index (χ2v) is 6.44. The lowest BCUT2D eigenvalue weighted by molar-refractivity contribution is -0.259. The fourth-order valence-electron chi connectivity index (χ4n) is 3.08. The molecule has 0 aliphatic heterocycles. The second kappa shape index (κ2) is 10.6. The summed E-state index contributed by atoms with van der Waals surface area (Å²) in [6, 6.07) is 0. The van der Waals surface area contributed by atoms with E-state index in [1.165, 1.54) is 0 Å². The molecular weight excluding hydrogens is 408 g/mol. The van der Waals surface area contributed by atoms with Gasteiger partial charge in [-0.3, -0.25) is 28.8 Å². The van der Waals surface area contributed by atoms with Crippen LogP contribution in [0.2, 0.25) is 0 Å². The van der Waals surface area contributed by atoms with Crippen LogP contribution in [-0.2, 0) is 57.2 Å². The molecule has 0 unspecified atom stereocenters. The summed E-state index contributed by atoms with van der Waals surface area (Å²) in [6.45, 7) is 6.22. The summed E-state index contributed by atoms with van der Waals surface area (Å²) < 4.78 is 31.1. The Kier molecular flexibility index (Phi) is 8.75. The second-order valence-electron chi connectivity index (χ2n) is 6.44. The lowest BCUT2D eigenvalue weighted by Crippen LogP contribution is -2.68. The lowest BCUT2D eigenvalue weighted by atomic mass is 9.83. The molecule has 0 radical (unpaired) electrons. The van der Waals surface area contributed by atoms with E-state index in [4.69, 9.17) is 28.4 Å². The maximum Gasteiger partial charge on any atom is 0.303 e. The van der Waals surface area contributed by atoms with Gasteiger partial charge in [0.15, 0.2) is 36.6 Å². The minimum atomic E-state index is -1.55. The Hall–Kier alpha value is -3.18. The monoisotopic (exact) mass is 432 g/mol. The number of hydrogen-bond acceptors (Lipinski definition) is 12. The van der Waals surface area contributed by atoms with Gasteiger partial charge in [-0.25, -0.2) is 0 Å². The Morgan fingerprint density at radius 2 is 0.433 bits per heavy atom. The Balaban J connectivity index is 3.66. The first-order valence-electron chi connectivity index (χ1n) is 8.86.